The fourth-order valence-corrected chi connectivity index (χ4v) is 6.00. The zero-order chi connectivity index (χ0) is 27.2. The number of nitrogens with zero attached hydrogens (tertiary/aromatic N) is 4. The van der Waals surface area contributed by atoms with Gasteiger partial charge in [-0.05, 0) is 29.7 Å². The monoisotopic (exact) mass is 538 g/mol. The maximum atomic E-state index is 13.7. The zero-order valence-corrected chi connectivity index (χ0v) is 22.8. The topological polar surface area (TPSA) is 64.2 Å². The summed E-state index contributed by atoms with van der Waals surface area (Å²) < 4.78 is 13.3. The van der Waals surface area contributed by atoms with E-state index in [-0.39, 0.29) is 43.0 Å². The average molecular weight is 539 g/mol. The lowest BCUT2D eigenvalue weighted by molar-refractivity contribution is -0.200. The molecule has 2 aromatic carbocycles. The van der Waals surface area contributed by atoms with Crippen molar-refractivity contribution >= 4 is 29.5 Å². The molecule has 0 saturated carbocycles. The van der Waals surface area contributed by atoms with Crippen LogP contribution in [0, 0.1) is 5.82 Å². The first kappa shape index (κ1) is 27.9. The van der Waals surface area contributed by atoms with Crippen LogP contribution in [0.4, 0.5) is 4.39 Å². The lowest BCUT2D eigenvalue weighted by Crippen LogP contribution is -2.75. The van der Waals surface area contributed by atoms with Gasteiger partial charge >= 0.3 is 0 Å². The summed E-state index contributed by atoms with van der Waals surface area (Å²) in [6.45, 7) is 6.80. The molecule has 2 heterocycles. The van der Waals surface area contributed by atoms with Crippen molar-refractivity contribution in [3.63, 3.8) is 0 Å². The number of benzene rings is 2. The van der Waals surface area contributed by atoms with Crippen LogP contribution in [0.3, 0.4) is 0 Å². The Morgan fingerprint density at radius 1 is 1.08 bits per heavy atom. The molecule has 0 aromatic heterocycles. The van der Waals surface area contributed by atoms with Crippen molar-refractivity contribution < 1.29 is 18.8 Å². The smallest absolute Gasteiger partial charge is 0.265 e. The Morgan fingerprint density at radius 2 is 1.79 bits per heavy atom. The van der Waals surface area contributed by atoms with Gasteiger partial charge in [0.15, 0.2) is 0 Å². The van der Waals surface area contributed by atoms with E-state index in [1.807, 2.05) is 25.1 Å². The zero-order valence-electron chi connectivity index (χ0n) is 22.0. The Balaban J connectivity index is 1.50. The average Bonchev–Trinajstić information content (AvgIpc) is 2.90. The third-order valence-corrected chi connectivity index (χ3v) is 7.97. The molecule has 2 aliphatic rings. The number of hydrogen-bond donors (Lipinski definition) is 0. The Hall–Kier alpha value is -3.17. The molecule has 2 fully saturated rings. The van der Waals surface area contributed by atoms with E-state index in [4.69, 9.17) is 0 Å². The summed E-state index contributed by atoms with van der Waals surface area (Å²) in [6.07, 6.45) is 0.940. The molecule has 2 aliphatic heterocycles. The molecule has 2 saturated heterocycles. The Labute approximate surface area is 228 Å². The van der Waals surface area contributed by atoms with Crippen LogP contribution in [-0.2, 0) is 26.6 Å². The second-order valence-electron chi connectivity index (χ2n) is 9.78. The lowest BCUT2D eigenvalue weighted by Gasteiger charge is -2.54. The minimum atomic E-state index is -0.605. The number of likely N-dealkylation sites (N-methyl/N-ethyl adjacent to an activating group) is 1. The molecule has 38 heavy (non-hydrogen) atoms. The van der Waals surface area contributed by atoms with Crippen molar-refractivity contribution in [3.05, 3.63) is 83.7 Å². The van der Waals surface area contributed by atoms with Crippen LogP contribution < -0.4 is 0 Å². The summed E-state index contributed by atoms with van der Waals surface area (Å²) in [5.74, 6) is 0.746. The number of fused-ring (bicyclic) bond motifs is 1. The molecule has 0 unspecified atom stereocenters. The first-order valence-corrected chi connectivity index (χ1v) is 14.1. The van der Waals surface area contributed by atoms with E-state index in [2.05, 4.69) is 18.7 Å². The van der Waals surface area contributed by atoms with Gasteiger partial charge in [-0.25, -0.2) is 14.4 Å². The highest BCUT2D eigenvalue weighted by Gasteiger charge is 2.50. The van der Waals surface area contributed by atoms with Crippen LogP contribution in [0.1, 0.15) is 30.9 Å². The molecule has 4 rings (SSSR count). The highest BCUT2D eigenvalue weighted by Crippen LogP contribution is 2.29. The highest BCUT2D eigenvalue weighted by atomic mass is 32.2. The molecule has 2 aromatic rings. The van der Waals surface area contributed by atoms with E-state index < -0.39 is 12.2 Å². The number of hydrogen-bond acceptors (Lipinski definition) is 5. The number of halogens is 1. The molecule has 7 nitrogen and oxygen atoms in total. The second kappa shape index (κ2) is 12.6. The van der Waals surface area contributed by atoms with Crippen molar-refractivity contribution in [2.24, 2.45) is 0 Å². The third kappa shape index (κ3) is 6.27. The molecule has 202 valence electrons. The highest BCUT2D eigenvalue weighted by molar-refractivity contribution is 7.98. The number of hydrazine groups is 1. The van der Waals surface area contributed by atoms with Gasteiger partial charge in [-0.2, -0.15) is 11.8 Å². The molecule has 9 heteroatoms. The largest absolute Gasteiger partial charge is 0.336 e. The van der Waals surface area contributed by atoms with E-state index in [0.29, 0.717) is 18.5 Å². The predicted octanol–water partition coefficient (Wildman–Crippen LogP) is 3.71. The third-order valence-electron chi connectivity index (χ3n) is 6.96. The minimum Gasteiger partial charge on any atom is -0.336 e. The molecule has 0 bridgehead atoms. The van der Waals surface area contributed by atoms with E-state index in [0.717, 1.165) is 23.5 Å². The van der Waals surface area contributed by atoms with Gasteiger partial charge in [-0.15, -0.1) is 0 Å². The van der Waals surface area contributed by atoms with Crippen LogP contribution in [0.25, 0.3) is 0 Å². The second-order valence-corrected chi connectivity index (χ2v) is 10.9. The summed E-state index contributed by atoms with van der Waals surface area (Å²) in [6, 6.07) is 15.6. The Bertz CT molecular complexity index is 1160. The summed E-state index contributed by atoms with van der Waals surface area (Å²) >= 11 is 1.76. The predicted molar refractivity (Wildman–Crippen MR) is 147 cm³/mol. The molecular weight excluding hydrogens is 503 g/mol. The van der Waals surface area contributed by atoms with Gasteiger partial charge in [0, 0.05) is 37.1 Å². The van der Waals surface area contributed by atoms with E-state index in [9.17, 15) is 18.8 Å². The van der Waals surface area contributed by atoms with Crippen molar-refractivity contribution in [1.29, 1.82) is 0 Å². The van der Waals surface area contributed by atoms with Gasteiger partial charge in [0.05, 0.1) is 13.1 Å². The van der Waals surface area contributed by atoms with Gasteiger partial charge in [0.2, 0.25) is 11.8 Å². The van der Waals surface area contributed by atoms with Gasteiger partial charge in [-0.1, -0.05) is 62.4 Å². The Kier molecular flexibility index (Phi) is 9.22. The summed E-state index contributed by atoms with van der Waals surface area (Å²) in [4.78, 5) is 43.8. The number of rotatable bonds is 10. The minimum absolute atomic E-state index is 0.00644. The fourth-order valence-electron chi connectivity index (χ4n) is 5.08. The van der Waals surface area contributed by atoms with Crippen LogP contribution >= 0.6 is 11.8 Å². The first-order valence-electron chi connectivity index (χ1n) is 13.0. The van der Waals surface area contributed by atoms with Crippen LogP contribution in [0.15, 0.2) is 66.7 Å². The van der Waals surface area contributed by atoms with Gasteiger partial charge in [0.25, 0.3) is 5.91 Å². The first-order chi connectivity index (χ1) is 18.3. The van der Waals surface area contributed by atoms with Gasteiger partial charge < -0.3 is 9.80 Å². The van der Waals surface area contributed by atoms with Crippen molar-refractivity contribution in [2.45, 2.75) is 44.1 Å². The van der Waals surface area contributed by atoms with E-state index >= 15 is 0 Å². The molecule has 0 radical (unpaired) electrons. The molecule has 0 N–H and O–H groups in total. The van der Waals surface area contributed by atoms with Crippen molar-refractivity contribution in [2.75, 3.05) is 32.4 Å². The van der Waals surface area contributed by atoms with Crippen LogP contribution in [0.5, 0.6) is 0 Å². The quantitative estimate of drug-likeness (QED) is 0.341. The lowest BCUT2D eigenvalue weighted by atomic mass is 10.0. The van der Waals surface area contributed by atoms with E-state index in [1.54, 1.807) is 50.8 Å². The van der Waals surface area contributed by atoms with E-state index in [1.165, 1.54) is 17.7 Å². The SMILES string of the molecule is C=C(Cc1ccc(F)cc1)C(=O)N1[C@H]2CN(CCSCc3ccccc3)C(=O)[C@H](CCC)N2C(=O)CN1C. The number of piperazine rings is 1. The number of thioether (sulfide) groups is 1. The summed E-state index contributed by atoms with van der Waals surface area (Å²) in [5, 5.41) is 3.20. The normalized spacial score (nSPS) is 20.0. The molecule has 0 spiro atoms. The standard InChI is InChI=1S/C29H35FN4O3S/c1-4-8-25-29(37)32(15-16-38-20-23-9-6-5-7-10-23)18-26-33(25)27(35)19-31(3)34(26)28(36)21(2)17-22-11-13-24(30)14-12-22/h5-7,9-14,25-26H,2,4,8,15-20H2,1,3H3/t25-,26-/m0/s1. The summed E-state index contributed by atoms with van der Waals surface area (Å²) in [7, 11) is 1.71. The molecule has 0 aliphatic carbocycles. The molecular formula is C29H35FN4O3S. The molecule has 3 amide bonds. The van der Waals surface area contributed by atoms with Gasteiger partial charge in [0.1, 0.15) is 18.0 Å². The fraction of sp³-hybridized carbons (Fsp3) is 0.414. The maximum absolute atomic E-state index is 13.7. The van der Waals surface area contributed by atoms with Crippen molar-refractivity contribution in [3.8, 4) is 0 Å². The summed E-state index contributed by atoms with van der Waals surface area (Å²) in [5.41, 5.74) is 2.34. The number of amides is 3. The maximum Gasteiger partial charge on any atom is 0.265 e. The van der Waals surface area contributed by atoms with Crippen molar-refractivity contribution in [1.82, 2.24) is 19.8 Å². The number of carbonyl (C=O) groups excluding carboxylic acids is 3. The van der Waals surface area contributed by atoms with Crippen LogP contribution in [0.2, 0.25) is 0 Å². The van der Waals surface area contributed by atoms with Crippen LogP contribution in [-0.4, -0.2) is 82.2 Å². The number of carbonyl (C=O) groups is 3. The van der Waals surface area contributed by atoms with Gasteiger partial charge in [-0.3, -0.25) is 14.4 Å². The molecule has 2 atom stereocenters. The Morgan fingerprint density at radius 3 is 2.47 bits per heavy atom.